The van der Waals surface area contributed by atoms with Crippen LogP contribution in [0.15, 0.2) is 42.5 Å². The highest BCUT2D eigenvalue weighted by atomic mass is 35.5. The Kier molecular flexibility index (Phi) is 3.34. The van der Waals surface area contributed by atoms with E-state index in [4.69, 9.17) is 33.7 Å². The Bertz CT molecular complexity index is 792. The van der Waals surface area contributed by atoms with Gasteiger partial charge in [0.2, 0.25) is 11.8 Å². The van der Waals surface area contributed by atoms with Gasteiger partial charge in [-0.2, -0.15) is 4.98 Å². The van der Waals surface area contributed by atoms with Crippen molar-refractivity contribution in [1.29, 1.82) is 0 Å². The van der Waals surface area contributed by atoms with Gasteiger partial charge in [0.25, 0.3) is 0 Å². The van der Waals surface area contributed by atoms with Crippen molar-refractivity contribution < 1.29 is 4.74 Å². The highest BCUT2D eigenvalue weighted by molar-refractivity contribution is 6.34. The summed E-state index contributed by atoms with van der Waals surface area (Å²) in [5, 5.41) is 1.71. The highest BCUT2D eigenvalue weighted by Gasteiger charge is 2.10. The fourth-order valence-electron chi connectivity index (χ4n) is 1.80. The molecule has 2 aromatic carbocycles. The van der Waals surface area contributed by atoms with Gasteiger partial charge in [-0.3, -0.25) is 0 Å². The Balaban J connectivity index is 2.13. The minimum atomic E-state index is 0.136. The summed E-state index contributed by atoms with van der Waals surface area (Å²) < 4.78 is 5.74. The molecule has 0 atom stereocenters. The van der Waals surface area contributed by atoms with E-state index in [1.807, 2.05) is 24.3 Å². The number of nitrogen functional groups attached to an aromatic ring is 1. The van der Waals surface area contributed by atoms with Crippen LogP contribution in [-0.2, 0) is 0 Å². The van der Waals surface area contributed by atoms with Gasteiger partial charge in [-0.25, -0.2) is 4.98 Å². The van der Waals surface area contributed by atoms with Crippen LogP contribution in [0, 0.1) is 0 Å². The second kappa shape index (κ2) is 5.15. The van der Waals surface area contributed by atoms with E-state index in [-0.39, 0.29) is 5.95 Å². The molecule has 100 valence electrons. The summed E-state index contributed by atoms with van der Waals surface area (Å²) in [7, 11) is 0. The van der Waals surface area contributed by atoms with E-state index in [9.17, 15) is 0 Å². The minimum Gasteiger partial charge on any atom is -0.437 e. The molecule has 3 rings (SSSR count). The lowest BCUT2D eigenvalue weighted by Gasteiger charge is -2.09. The molecule has 0 bridgehead atoms. The number of hydrogen-bond donors (Lipinski definition) is 1. The van der Waals surface area contributed by atoms with Gasteiger partial charge in [-0.15, -0.1) is 0 Å². The molecule has 0 unspecified atom stereocenters. The quantitative estimate of drug-likeness (QED) is 0.766. The third kappa shape index (κ3) is 2.48. The number of ether oxygens (including phenoxy) is 1. The first kappa shape index (κ1) is 13.0. The normalized spacial score (nSPS) is 10.7. The summed E-state index contributed by atoms with van der Waals surface area (Å²) in [6.45, 7) is 0. The van der Waals surface area contributed by atoms with Crippen molar-refractivity contribution in [3.63, 3.8) is 0 Å². The van der Waals surface area contributed by atoms with Crippen LogP contribution in [0.5, 0.6) is 11.6 Å². The molecule has 0 spiro atoms. The maximum Gasteiger partial charge on any atom is 0.232 e. The fraction of sp³-hybridized carbons (Fsp3) is 0. The zero-order chi connectivity index (χ0) is 14.1. The zero-order valence-electron chi connectivity index (χ0n) is 10.2. The molecule has 0 fully saturated rings. The maximum atomic E-state index is 6.08. The summed E-state index contributed by atoms with van der Waals surface area (Å²) in [6, 6.07) is 12.4. The van der Waals surface area contributed by atoms with Crippen molar-refractivity contribution in [1.82, 2.24) is 9.97 Å². The first-order valence-electron chi connectivity index (χ1n) is 5.78. The minimum absolute atomic E-state index is 0.136. The topological polar surface area (TPSA) is 61.0 Å². The molecule has 6 heteroatoms. The molecule has 1 heterocycles. The zero-order valence-corrected chi connectivity index (χ0v) is 11.7. The first-order chi connectivity index (χ1) is 9.63. The van der Waals surface area contributed by atoms with E-state index in [1.165, 1.54) is 0 Å². The third-order valence-corrected chi connectivity index (χ3v) is 3.23. The van der Waals surface area contributed by atoms with Gasteiger partial charge in [0.05, 0.1) is 15.9 Å². The van der Waals surface area contributed by atoms with E-state index < -0.39 is 0 Å². The predicted molar refractivity (Wildman–Crippen MR) is 80.5 cm³/mol. The van der Waals surface area contributed by atoms with Crippen molar-refractivity contribution in [2.24, 2.45) is 0 Å². The number of halogens is 2. The van der Waals surface area contributed by atoms with Crippen LogP contribution < -0.4 is 10.5 Å². The number of nitrogens with two attached hydrogens (primary N) is 1. The third-order valence-electron chi connectivity index (χ3n) is 2.69. The van der Waals surface area contributed by atoms with Gasteiger partial charge >= 0.3 is 0 Å². The van der Waals surface area contributed by atoms with Crippen molar-refractivity contribution in [2.75, 3.05) is 5.73 Å². The van der Waals surface area contributed by atoms with E-state index in [2.05, 4.69) is 9.97 Å². The van der Waals surface area contributed by atoms with Crippen LogP contribution in [0.2, 0.25) is 10.0 Å². The van der Waals surface area contributed by atoms with Crippen molar-refractivity contribution in [2.45, 2.75) is 0 Å². The van der Waals surface area contributed by atoms with Crippen molar-refractivity contribution in [3.05, 3.63) is 52.5 Å². The lowest BCUT2D eigenvalue weighted by atomic mass is 10.2. The van der Waals surface area contributed by atoms with E-state index in [0.29, 0.717) is 27.2 Å². The van der Waals surface area contributed by atoms with Gasteiger partial charge < -0.3 is 10.5 Å². The lowest BCUT2D eigenvalue weighted by Crippen LogP contribution is -1.98. The number of rotatable bonds is 2. The molecule has 1 aromatic heterocycles. The second-order valence-corrected chi connectivity index (χ2v) is 4.92. The Hall–Kier alpha value is -2.04. The second-order valence-electron chi connectivity index (χ2n) is 4.08. The smallest absolute Gasteiger partial charge is 0.232 e. The van der Waals surface area contributed by atoms with Gasteiger partial charge in [0.1, 0.15) is 5.75 Å². The van der Waals surface area contributed by atoms with Crippen LogP contribution in [0.3, 0.4) is 0 Å². The van der Waals surface area contributed by atoms with Gasteiger partial charge in [0.15, 0.2) is 0 Å². The monoisotopic (exact) mass is 305 g/mol. The standard InChI is InChI=1S/C14H9Cl2N3O/c15-8-5-6-10(16)12(7-8)20-13-9-3-1-2-4-11(9)18-14(17)19-13/h1-7H,(H2,17,18,19). The highest BCUT2D eigenvalue weighted by Crippen LogP contribution is 2.34. The van der Waals surface area contributed by atoms with Crippen molar-refractivity contribution >= 4 is 40.1 Å². The summed E-state index contributed by atoms with van der Waals surface area (Å²) in [5.74, 6) is 0.900. The Morgan fingerprint density at radius 2 is 1.80 bits per heavy atom. The summed E-state index contributed by atoms with van der Waals surface area (Å²) in [5.41, 5.74) is 6.39. The average molecular weight is 306 g/mol. The molecule has 0 aliphatic heterocycles. The molecular weight excluding hydrogens is 297 g/mol. The van der Waals surface area contributed by atoms with E-state index in [0.717, 1.165) is 5.39 Å². The van der Waals surface area contributed by atoms with Gasteiger partial charge in [-0.05, 0) is 24.3 Å². The van der Waals surface area contributed by atoms with Gasteiger partial charge in [-0.1, -0.05) is 35.3 Å². The van der Waals surface area contributed by atoms with Gasteiger partial charge in [0, 0.05) is 11.1 Å². The molecule has 20 heavy (non-hydrogen) atoms. The molecule has 0 saturated heterocycles. The van der Waals surface area contributed by atoms with Crippen LogP contribution in [0.1, 0.15) is 0 Å². The van der Waals surface area contributed by atoms with Crippen LogP contribution in [0.25, 0.3) is 10.9 Å². The molecule has 3 aromatic rings. The molecule has 0 aliphatic rings. The maximum absolute atomic E-state index is 6.08. The molecule has 0 saturated carbocycles. The summed E-state index contributed by atoms with van der Waals surface area (Å²) in [6.07, 6.45) is 0. The predicted octanol–water partition coefficient (Wildman–Crippen LogP) is 4.31. The molecule has 0 aliphatic carbocycles. The molecule has 0 amide bonds. The first-order valence-corrected chi connectivity index (χ1v) is 6.54. The number of nitrogens with zero attached hydrogens (tertiary/aromatic N) is 2. The summed E-state index contributed by atoms with van der Waals surface area (Å²) in [4.78, 5) is 8.26. The summed E-state index contributed by atoms with van der Waals surface area (Å²) >= 11 is 12.0. The molecular formula is C14H9Cl2N3O. The number of aromatic nitrogens is 2. The molecule has 0 radical (unpaired) electrons. The van der Waals surface area contributed by atoms with E-state index >= 15 is 0 Å². The average Bonchev–Trinajstić information content (AvgIpc) is 2.43. The number of para-hydroxylation sites is 1. The molecule has 4 nitrogen and oxygen atoms in total. The molecule has 2 N–H and O–H groups in total. The van der Waals surface area contributed by atoms with E-state index in [1.54, 1.807) is 18.2 Å². The largest absolute Gasteiger partial charge is 0.437 e. The Labute approximate surface area is 125 Å². The SMILES string of the molecule is Nc1nc(Oc2cc(Cl)ccc2Cl)c2ccccc2n1. The van der Waals surface area contributed by atoms with Crippen molar-refractivity contribution in [3.8, 4) is 11.6 Å². The number of hydrogen-bond acceptors (Lipinski definition) is 4. The lowest BCUT2D eigenvalue weighted by molar-refractivity contribution is 0.469. The number of benzene rings is 2. The Morgan fingerprint density at radius 3 is 2.65 bits per heavy atom. The fourth-order valence-corrected chi connectivity index (χ4v) is 2.12. The van der Waals surface area contributed by atoms with Crippen LogP contribution >= 0.6 is 23.2 Å². The van der Waals surface area contributed by atoms with Crippen LogP contribution in [0.4, 0.5) is 5.95 Å². The Morgan fingerprint density at radius 1 is 1.00 bits per heavy atom. The van der Waals surface area contributed by atoms with Crippen LogP contribution in [-0.4, -0.2) is 9.97 Å². The number of fused-ring (bicyclic) bond motifs is 1. The number of anilines is 1.